The molecule has 0 spiro atoms. The van der Waals surface area contributed by atoms with Crippen molar-refractivity contribution >= 4 is 0 Å². The van der Waals surface area contributed by atoms with E-state index in [2.05, 4.69) is 11.5 Å². The third-order valence-corrected chi connectivity index (χ3v) is 2.99. The van der Waals surface area contributed by atoms with E-state index in [9.17, 15) is 0 Å². The predicted molar refractivity (Wildman–Crippen MR) is 68.0 cm³/mol. The Hall–Kier alpha value is -0.580. The highest BCUT2D eigenvalue weighted by molar-refractivity contribution is 4.89. The molecular formula is C13H25NO3. The van der Waals surface area contributed by atoms with E-state index >= 15 is 0 Å². The number of hydrogen-bond acceptors (Lipinski definition) is 4. The minimum atomic E-state index is 0.186. The van der Waals surface area contributed by atoms with Gasteiger partial charge in [-0.2, -0.15) is 0 Å². The Balaban J connectivity index is 0.000000686. The fourth-order valence-electron chi connectivity index (χ4n) is 2.08. The first-order valence-electron chi connectivity index (χ1n) is 6.45. The lowest BCUT2D eigenvalue weighted by molar-refractivity contribution is -0.154. The minimum absolute atomic E-state index is 0.186. The first-order chi connectivity index (χ1) is 8.35. The van der Waals surface area contributed by atoms with E-state index in [1.165, 1.54) is 6.26 Å². The molecule has 0 aromatic carbocycles. The zero-order chi connectivity index (χ0) is 12.6. The maximum absolute atomic E-state index is 5.33. The van der Waals surface area contributed by atoms with Crippen molar-refractivity contribution < 1.29 is 14.2 Å². The molecule has 2 fully saturated rings. The van der Waals surface area contributed by atoms with E-state index in [1.54, 1.807) is 0 Å². The standard InChI is InChI=1S/C11H19NO3.C2H6/c1-2-13-8-11(9-15-10-11)7-12-3-5-14-6-4-12;1-2/h2H,1,3-10H2;1-2H3. The zero-order valence-corrected chi connectivity index (χ0v) is 11.1. The summed E-state index contributed by atoms with van der Waals surface area (Å²) in [7, 11) is 0. The SMILES string of the molecule is C=COCC1(CN2CCOCC2)COC1.CC. The number of morpholine rings is 1. The highest BCUT2D eigenvalue weighted by Crippen LogP contribution is 2.29. The van der Waals surface area contributed by atoms with Crippen LogP contribution in [0.1, 0.15) is 13.8 Å². The summed E-state index contributed by atoms with van der Waals surface area (Å²) in [5.74, 6) is 0. The first-order valence-corrected chi connectivity index (χ1v) is 6.45. The van der Waals surface area contributed by atoms with E-state index in [0.717, 1.165) is 46.1 Å². The molecule has 0 saturated carbocycles. The summed E-state index contributed by atoms with van der Waals surface area (Å²) in [6.07, 6.45) is 1.51. The number of ether oxygens (including phenoxy) is 3. The second kappa shape index (κ2) is 7.69. The smallest absolute Gasteiger partial charge is 0.0985 e. The van der Waals surface area contributed by atoms with E-state index < -0.39 is 0 Å². The molecular weight excluding hydrogens is 218 g/mol. The summed E-state index contributed by atoms with van der Waals surface area (Å²) in [6.45, 7) is 14.7. The van der Waals surface area contributed by atoms with Crippen LogP contribution >= 0.6 is 0 Å². The molecule has 2 aliphatic heterocycles. The van der Waals surface area contributed by atoms with Crippen LogP contribution in [0.15, 0.2) is 12.8 Å². The summed E-state index contributed by atoms with van der Waals surface area (Å²) in [6, 6.07) is 0. The lowest BCUT2D eigenvalue weighted by Gasteiger charge is -2.44. The molecule has 4 nitrogen and oxygen atoms in total. The Bertz CT molecular complexity index is 211. The number of nitrogens with zero attached hydrogens (tertiary/aromatic N) is 1. The van der Waals surface area contributed by atoms with Gasteiger partial charge in [0, 0.05) is 19.6 Å². The molecule has 0 aliphatic carbocycles. The minimum Gasteiger partial charge on any atom is -0.501 e. The van der Waals surface area contributed by atoms with E-state index in [-0.39, 0.29) is 5.41 Å². The topological polar surface area (TPSA) is 30.9 Å². The van der Waals surface area contributed by atoms with Crippen LogP contribution in [-0.4, -0.2) is 57.6 Å². The predicted octanol–water partition coefficient (Wildman–Crippen LogP) is 1.52. The van der Waals surface area contributed by atoms with E-state index in [1.807, 2.05) is 13.8 Å². The average molecular weight is 243 g/mol. The molecule has 2 rings (SSSR count). The molecule has 0 unspecified atom stereocenters. The van der Waals surface area contributed by atoms with Gasteiger partial charge in [0.25, 0.3) is 0 Å². The monoisotopic (exact) mass is 243 g/mol. The van der Waals surface area contributed by atoms with Gasteiger partial charge in [-0.1, -0.05) is 20.4 Å². The van der Waals surface area contributed by atoms with Crippen molar-refractivity contribution in [2.24, 2.45) is 5.41 Å². The normalized spacial score (nSPS) is 22.9. The van der Waals surface area contributed by atoms with Gasteiger partial charge in [-0.3, -0.25) is 4.90 Å². The van der Waals surface area contributed by atoms with Crippen molar-refractivity contribution in [1.29, 1.82) is 0 Å². The van der Waals surface area contributed by atoms with Crippen molar-refractivity contribution in [2.75, 3.05) is 52.7 Å². The molecule has 0 bridgehead atoms. The van der Waals surface area contributed by atoms with Gasteiger partial charge < -0.3 is 14.2 Å². The van der Waals surface area contributed by atoms with Gasteiger partial charge in [0.05, 0.1) is 44.7 Å². The summed E-state index contributed by atoms with van der Waals surface area (Å²) in [5, 5.41) is 0. The quantitative estimate of drug-likeness (QED) is 0.685. The van der Waals surface area contributed by atoms with Crippen LogP contribution in [0.3, 0.4) is 0 Å². The van der Waals surface area contributed by atoms with Crippen LogP contribution in [-0.2, 0) is 14.2 Å². The van der Waals surface area contributed by atoms with Crippen molar-refractivity contribution in [1.82, 2.24) is 4.90 Å². The Morgan fingerprint density at radius 3 is 2.35 bits per heavy atom. The molecule has 17 heavy (non-hydrogen) atoms. The number of hydrogen-bond donors (Lipinski definition) is 0. The Kier molecular flexibility index (Phi) is 6.55. The Morgan fingerprint density at radius 1 is 1.24 bits per heavy atom. The highest BCUT2D eigenvalue weighted by atomic mass is 16.5. The largest absolute Gasteiger partial charge is 0.501 e. The third-order valence-electron chi connectivity index (χ3n) is 2.99. The molecule has 4 heteroatoms. The summed E-state index contributed by atoms with van der Waals surface area (Å²) >= 11 is 0. The highest BCUT2D eigenvalue weighted by Gasteiger charge is 2.41. The van der Waals surface area contributed by atoms with Crippen molar-refractivity contribution in [3.8, 4) is 0 Å². The second-order valence-corrected chi connectivity index (χ2v) is 4.36. The van der Waals surface area contributed by atoms with E-state index in [4.69, 9.17) is 14.2 Å². The van der Waals surface area contributed by atoms with Gasteiger partial charge in [-0.15, -0.1) is 0 Å². The van der Waals surface area contributed by atoms with Crippen molar-refractivity contribution in [3.05, 3.63) is 12.8 Å². The van der Waals surface area contributed by atoms with Gasteiger partial charge in [0.2, 0.25) is 0 Å². The lowest BCUT2D eigenvalue weighted by Crippen LogP contribution is -2.55. The van der Waals surface area contributed by atoms with Crippen LogP contribution in [0.2, 0.25) is 0 Å². The Labute approximate surface area is 105 Å². The molecule has 2 aliphatic rings. The molecule has 100 valence electrons. The molecule has 0 aromatic heterocycles. The Morgan fingerprint density at radius 2 is 1.88 bits per heavy atom. The van der Waals surface area contributed by atoms with Crippen LogP contribution in [0.25, 0.3) is 0 Å². The molecule has 0 aromatic rings. The number of rotatable bonds is 5. The van der Waals surface area contributed by atoms with Gasteiger partial charge in [0.15, 0.2) is 0 Å². The van der Waals surface area contributed by atoms with Crippen molar-refractivity contribution in [3.63, 3.8) is 0 Å². The lowest BCUT2D eigenvalue weighted by atomic mass is 9.86. The van der Waals surface area contributed by atoms with Crippen LogP contribution < -0.4 is 0 Å². The molecule has 0 atom stereocenters. The fraction of sp³-hybridized carbons (Fsp3) is 0.846. The zero-order valence-electron chi connectivity index (χ0n) is 11.1. The maximum atomic E-state index is 5.33. The molecule has 0 radical (unpaired) electrons. The molecule has 0 amide bonds. The van der Waals surface area contributed by atoms with E-state index in [0.29, 0.717) is 6.61 Å². The fourth-order valence-corrected chi connectivity index (χ4v) is 2.08. The summed E-state index contributed by atoms with van der Waals surface area (Å²) in [5.41, 5.74) is 0.186. The van der Waals surface area contributed by atoms with Gasteiger partial charge in [-0.25, -0.2) is 0 Å². The van der Waals surface area contributed by atoms with Gasteiger partial charge in [-0.05, 0) is 0 Å². The third kappa shape index (κ3) is 4.30. The van der Waals surface area contributed by atoms with Crippen molar-refractivity contribution in [2.45, 2.75) is 13.8 Å². The maximum Gasteiger partial charge on any atom is 0.0985 e. The molecule has 0 N–H and O–H groups in total. The molecule has 2 heterocycles. The van der Waals surface area contributed by atoms with Crippen LogP contribution in [0.4, 0.5) is 0 Å². The first kappa shape index (κ1) is 14.5. The average Bonchev–Trinajstić information content (AvgIpc) is 2.36. The van der Waals surface area contributed by atoms with Crippen LogP contribution in [0.5, 0.6) is 0 Å². The second-order valence-electron chi connectivity index (χ2n) is 4.36. The van der Waals surface area contributed by atoms with Crippen LogP contribution in [0, 0.1) is 5.41 Å². The van der Waals surface area contributed by atoms with Gasteiger partial charge in [0.1, 0.15) is 0 Å². The summed E-state index contributed by atoms with van der Waals surface area (Å²) < 4.78 is 15.9. The molecule has 2 saturated heterocycles. The summed E-state index contributed by atoms with van der Waals surface area (Å²) in [4.78, 5) is 2.43. The van der Waals surface area contributed by atoms with Gasteiger partial charge >= 0.3 is 0 Å².